The van der Waals surface area contributed by atoms with Crippen molar-refractivity contribution < 1.29 is 4.74 Å². The third-order valence-corrected chi connectivity index (χ3v) is 3.16. The normalized spacial score (nSPS) is 11.0. The van der Waals surface area contributed by atoms with Gasteiger partial charge in [-0.25, -0.2) is 0 Å². The number of aryl methyl sites for hydroxylation is 1. The highest BCUT2D eigenvalue weighted by molar-refractivity contribution is 6.31. The van der Waals surface area contributed by atoms with E-state index in [-0.39, 0.29) is 6.10 Å². The highest BCUT2D eigenvalue weighted by Gasteiger charge is 2.14. The lowest BCUT2D eigenvalue weighted by molar-refractivity contribution is 0.238. The van der Waals surface area contributed by atoms with Crippen LogP contribution in [0, 0.1) is 13.8 Å². The first-order chi connectivity index (χ1) is 7.97. The Balaban J connectivity index is 3.18. The lowest BCUT2D eigenvalue weighted by atomic mass is 9.99. The molecule has 0 amide bonds. The molecule has 17 heavy (non-hydrogen) atoms. The van der Waals surface area contributed by atoms with Gasteiger partial charge in [0.15, 0.2) is 0 Å². The predicted molar refractivity (Wildman–Crippen MR) is 74.1 cm³/mol. The minimum atomic E-state index is 0.172. The van der Waals surface area contributed by atoms with Gasteiger partial charge in [-0.3, -0.25) is 0 Å². The summed E-state index contributed by atoms with van der Waals surface area (Å²) in [6.07, 6.45) is 2.05. The molecule has 0 saturated carbocycles. The van der Waals surface area contributed by atoms with Crippen molar-refractivity contribution in [3.63, 3.8) is 0 Å². The minimum Gasteiger partial charge on any atom is -0.490 e. The van der Waals surface area contributed by atoms with Gasteiger partial charge in [0.1, 0.15) is 5.75 Å². The molecule has 3 heteroatoms. The predicted octanol–water partition coefficient (Wildman–Crippen LogP) is 3.64. The van der Waals surface area contributed by atoms with E-state index in [0.717, 1.165) is 34.7 Å². The quantitative estimate of drug-likeness (QED) is 0.872. The first-order valence-corrected chi connectivity index (χ1v) is 6.50. The summed E-state index contributed by atoms with van der Waals surface area (Å²) < 4.78 is 5.91. The molecule has 1 aromatic rings. The van der Waals surface area contributed by atoms with Gasteiger partial charge < -0.3 is 10.5 Å². The van der Waals surface area contributed by atoms with Gasteiger partial charge in [-0.2, -0.15) is 0 Å². The maximum absolute atomic E-state index is 6.22. The molecule has 0 aromatic heterocycles. The van der Waals surface area contributed by atoms with Gasteiger partial charge in [0.2, 0.25) is 0 Å². The van der Waals surface area contributed by atoms with Gasteiger partial charge in [-0.15, -0.1) is 0 Å². The van der Waals surface area contributed by atoms with Crippen LogP contribution in [0.4, 0.5) is 0 Å². The van der Waals surface area contributed by atoms with Crippen LogP contribution < -0.4 is 10.5 Å². The molecule has 0 aliphatic heterocycles. The Morgan fingerprint density at radius 3 is 2.53 bits per heavy atom. The molecule has 2 nitrogen and oxygen atoms in total. The third-order valence-electron chi connectivity index (χ3n) is 2.77. The van der Waals surface area contributed by atoms with Gasteiger partial charge in [0.05, 0.1) is 6.10 Å². The second-order valence-corrected chi connectivity index (χ2v) is 5.07. The first kappa shape index (κ1) is 14.3. The molecular formula is C14H22ClNO. The second kappa shape index (κ2) is 6.27. The molecule has 0 radical (unpaired) electrons. The average Bonchev–Trinajstić information content (AvgIpc) is 2.25. The Morgan fingerprint density at radius 1 is 1.35 bits per heavy atom. The van der Waals surface area contributed by atoms with Crippen LogP contribution in [0.5, 0.6) is 5.75 Å². The zero-order chi connectivity index (χ0) is 13.0. The topological polar surface area (TPSA) is 35.2 Å². The summed E-state index contributed by atoms with van der Waals surface area (Å²) in [5, 5.41) is 0.811. The van der Waals surface area contributed by atoms with Crippen LogP contribution in [-0.4, -0.2) is 12.6 Å². The van der Waals surface area contributed by atoms with Crippen LogP contribution >= 0.6 is 11.6 Å². The number of nitrogens with two attached hydrogens (primary N) is 1. The molecule has 0 spiro atoms. The van der Waals surface area contributed by atoms with Crippen molar-refractivity contribution in [1.82, 2.24) is 0 Å². The van der Waals surface area contributed by atoms with Crippen molar-refractivity contribution in [3.8, 4) is 5.75 Å². The summed E-state index contributed by atoms with van der Waals surface area (Å²) in [4.78, 5) is 0. The van der Waals surface area contributed by atoms with E-state index in [1.54, 1.807) is 0 Å². The van der Waals surface area contributed by atoms with Gasteiger partial charge in [-0.05, 0) is 69.8 Å². The van der Waals surface area contributed by atoms with Gasteiger partial charge in [-0.1, -0.05) is 11.6 Å². The molecule has 0 heterocycles. The highest BCUT2D eigenvalue weighted by atomic mass is 35.5. The number of halogens is 1. The van der Waals surface area contributed by atoms with Crippen molar-refractivity contribution in [3.05, 3.63) is 27.8 Å². The van der Waals surface area contributed by atoms with Crippen LogP contribution in [0.3, 0.4) is 0 Å². The van der Waals surface area contributed by atoms with E-state index in [9.17, 15) is 0 Å². The maximum atomic E-state index is 6.22. The summed E-state index contributed by atoms with van der Waals surface area (Å²) in [5.41, 5.74) is 8.99. The van der Waals surface area contributed by atoms with Gasteiger partial charge >= 0.3 is 0 Å². The Labute approximate surface area is 109 Å². The van der Waals surface area contributed by atoms with Crippen molar-refractivity contribution in [2.75, 3.05) is 6.54 Å². The molecule has 0 bridgehead atoms. The Kier molecular flexibility index (Phi) is 5.29. The number of ether oxygens (including phenoxy) is 1. The zero-order valence-electron chi connectivity index (χ0n) is 11.1. The fourth-order valence-electron chi connectivity index (χ4n) is 1.90. The largest absolute Gasteiger partial charge is 0.490 e. The zero-order valence-corrected chi connectivity index (χ0v) is 11.9. The summed E-state index contributed by atoms with van der Waals surface area (Å²) in [7, 11) is 0. The minimum absolute atomic E-state index is 0.172. The average molecular weight is 256 g/mol. The smallest absolute Gasteiger partial charge is 0.126 e. The van der Waals surface area contributed by atoms with Crippen molar-refractivity contribution in [2.45, 2.75) is 46.6 Å². The molecule has 2 N–H and O–H groups in total. The van der Waals surface area contributed by atoms with Gasteiger partial charge in [0, 0.05) is 5.02 Å². The van der Waals surface area contributed by atoms with Crippen LogP contribution in [0.15, 0.2) is 6.07 Å². The van der Waals surface area contributed by atoms with Crippen LogP contribution in [0.1, 0.15) is 37.0 Å². The number of benzene rings is 1. The van der Waals surface area contributed by atoms with E-state index in [1.807, 2.05) is 33.8 Å². The first-order valence-electron chi connectivity index (χ1n) is 6.12. The Hall–Kier alpha value is -0.730. The standard InChI is InChI=1S/C14H22ClNO/c1-9(2)17-14-10(3)8-13(15)11(4)12(14)6-5-7-16/h8-9H,5-7,16H2,1-4H3. The van der Waals surface area contributed by atoms with Crippen LogP contribution in [-0.2, 0) is 6.42 Å². The Bertz CT molecular complexity index is 388. The molecule has 0 fully saturated rings. The maximum Gasteiger partial charge on any atom is 0.126 e. The molecule has 0 atom stereocenters. The van der Waals surface area contributed by atoms with Crippen molar-refractivity contribution >= 4 is 11.6 Å². The van der Waals surface area contributed by atoms with E-state index < -0.39 is 0 Å². The lowest BCUT2D eigenvalue weighted by Crippen LogP contribution is -2.11. The van der Waals surface area contributed by atoms with Gasteiger partial charge in [0.25, 0.3) is 0 Å². The second-order valence-electron chi connectivity index (χ2n) is 4.67. The molecular weight excluding hydrogens is 234 g/mol. The third kappa shape index (κ3) is 3.62. The molecule has 0 aliphatic carbocycles. The molecule has 0 aliphatic rings. The van der Waals surface area contributed by atoms with E-state index in [2.05, 4.69) is 0 Å². The highest BCUT2D eigenvalue weighted by Crippen LogP contribution is 2.33. The van der Waals surface area contributed by atoms with Crippen molar-refractivity contribution in [1.29, 1.82) is 0 Å². The van der Waals surface area contributed by atoms with Crippen LogP contribution in [0.25, 0.3) is 0 Å². The number of rotatable bonds is 5. The molecule has 1 aromatic carbocycles. The summed E-state index contributed by atoms with van der Waals surface area (Å²) >= 11 is 6.22. The fraction of sp³-hybridized carbons (Fsp3) is 0.571. The number of hydrogen-bond acceptors (Lipinski definition) is 2. The lowest BCUT2D eigenvalue weighted by Gasteiger charge is -2.19. The summed E-state index contributed by atoms with van der Waals surface area (Å²) in [6.45, 7) is 8.84. The van der Waals surface area contributed by atoms with E-state index in [0.29, 0.717) is 6.54 Å². The van der Waals surface area contributed by atoms with Crippen LogP contribution in [0.2, 0.25) is 5.02 Å². The molecule has 96 valence electrons. The van der Waals surface area contributed by atoms with E-state index >= 15 is 0 Å². The van der Waals surface area contributed by atoms with E-state index in [1.165, 1.54) is 5.56 Å². The monoisotopic (exact) mass is 255 g/mol. The molecule has 0 unspecified atom stereocenters. The Morgan fingerprint density at radius 2 is 2.00 bits per heavy atom. The van der Waals surface area contributed by atoms with E-state index in [4.69, 9.17) is 22.1 Å². The van der Waals surface area contributed by atoms with Crippen molar-refractivity contribution in [2.24, 2.45) is 5.73 Å². The fourth-order valence-corrected chi connectivity index (χ4v) is 2.17. The summed E-state index contributed by atoms with van der Waals surface area (Å²) in [5.74, 6) is 0.982. The number of hydrogen-bond donors (Lipinski definition) is 1. The SMILES string of the molecule is Cc1cc(Cl)c(C)c(CCCN)c1OC(C)C. The molecule has 1 rings (SSSR count). The summed E-state index contributed by atoms with van der Waals surface area (Å²) in [6, 6.07) is 1.97. The molecule has 0 saturated heterocycles.